The van der Waals surface area contributed by atoms with Crippen molar-refractivity contribution in [2.75, 3.05) is 19.8 Å². The van der Waals surface area contributed by atoms with Crippen molar-refractivity contribution in [3.63, 3.8) is 0 Å². The van der Waals surface area contributed by atoms with Gasteiger partial charge >= 0.3 is 0 Å². The van der Waals surface area contributed by atoms with Crippen LogP contribution in [0.4, 0.5) is 0 Å². The summed E-state index contributed by atoms with van der Waals surface area (Å²) < 4.78 is 5.39. The summed E-state index contributed by atoms with van der Waals surface area (Å²) in [5.41, 5.74) is 0. The molecule has 1 fully saturated rings. The lowest BCUT2D eigenvalue weighted by Gasteiger charge is -2.34. The molecule has 0 bridgehead atoms. The Balaban J connectivity index is 2.13. The molecule has 88 valence electrons. The maximum atomic E-state index is 12.2. The summed E-state index contributed by atoms with van der Waals surface area (Å²) >= 11 is 5.68. The number of thiol groups is 1. The van der Waals surface area contributed by atoms with Crippen LogP contribution >= 0.6 is 24.0 Å². The number of hydrogen-bond acceptors (Lipinski definition) is 4. The van der Waals surface area contributed by atoms with Gasteiger partial charge in [-0.25, -0.2) is 0 Å². The molecule has 1 saturated heterocycles. The number of carbonyl (C=O) groups excluding carboxylic acids is 1. The van der Waals surface area contributed by atoms with Crippen LogP contribution in [0.15, 0.2) is 16.3 Å². The van der Waals surface area contributed by atoms with Crippen molar-refractivity contribution in [2.24, 2.45) is 0 Å². The van der Waals surface area contributed by atoms with Gasteiger partial charge in [-0.2, -0.15) is 0 Å². The molecule has 2 rings (SSSR count). The van der Waals surface area contributed by atoms with E-state index in [2.05, 4.69) is 19.6 Å². The molecule has 1 aromatic heterocycles. The number of nitrogens with zero attached hydrogens (tertiary/aromatic N) is 1. The van der Waals surface area contributed by atoms with Gasteiger partial charge in [-0.1, -0.05) is 6.92 Å². The third-order valence-corrected chi connectivity index (χ3v) is 4.11. The predicted molar refractivity (Wildman–Crippen MR) is 67.5 cm³/mol. The van der Waals surface area contributed by atoms with Crippen molar-refractivity contribution in [1.82, 2.24) is 4.90 Å². The molecule has 5 heteroatoms. The molecule has 16 heavy (non-hydrogen) atoms. The van der Waals surface area contributed by atoms with Crippen LogP contribution in [0, 0.1) is 0 Å². The lowest BCUT2D eigenvalue weighted by Crippen LogP contribution is -2.48. The summed E-state index contributed by atoms with van der Waals surface area (Å²) in [5, 5.41) is 1.89. The van der Waals surface area contributed by atoms with E-state index < -0.39 is 0 Å². The molecule has 1 unspecified atom stereocenters. The Morgan fingerprint density at radius 1 is 1.75 bits per heavy atom. The van der Waals surface area contributed by atoms with Gasteiger partial charge in [0, 0.05) is 16.8 Å². The zero-order chi connectivity index (χ0) is 11.5. The zero-order valence-electron chi connectivity index (χ0n) is 9.18. The van der Waals surface area contributed by atoms with Crippen molar-refractivity contribution in [2.45, 2.75) is 24.3 Å². The fourth-order valence-electron chi connectivity index (χ4n) is 1.84. The molecule has 1 amide bonds. The van der Waals surface area contributed by atoms with Crippen molar-refractivity contribution in [3.8, 4) is 0 Å². The summed E-state index contributed by atoms with van der Waals surface area (Å²) in [6.45, 7) is 4.07. The van der Waals surface area contributed by atoms with E-state index in [0.717, 1.165) is 16.2 Å². The van der Waals surface area contributed by atoms with Crippen molar-refractivity contribution >= 4 is 29.9 Å². The summed E-state index contributed by atoms with van der Waals surface area (Å²) in [6.07, 6.45) is 0.935. The quantitative estimate of drug-likeness (QED) is 0.824. The first kappa shape index (κ1) is 12.0. The number of thiophene rings is 1. The second kappa shape index (κ2) is 5.21. The predicted octanol–water partition coefficient (Wildman–Crippen LogP) is 2.29. The molecule has 0 aromatic carbocycles. The SMILES string of the molecule is CCC1COCCN1C(=O)c1cc(S)cs1. The normalized spacial score (nSPS) is 21.1. The Hall–Kier alpha value is -0.520. The van der Waals surface area contributed by atoms with Crippen molar-refractivity contribution in [3.05, 3.63) is 16.3 Å². The highest BCUT2D eigenvalue weighted by atomic mass is 32.1. The van der Waals surface area contributed by atoms with Gasteiger partial charge in [0.25, 0.3) is 5.91 Å². The first-order valence-corrected chi connectivity index (χ1v) is 6.71. The van der Waals surface area contributed by atoms with Crippen molar-refractivity contribution in [1.29, 1.82) is 0 Å². The number of morpholine rings is 1. The summed E-state index contributed by atoms with van der Waals surface area (Å²) in [5.74, 6) is 0.112. The van der Waals surface area contributed by atoms with E-state index in [1.165, 1.54) is 11.3 Å². The van der Waals surface area contributed by atoms with Crippen LogP contribution in [0.5, 0.6) is 0 Å². The fourth-order valence-corrected chi connectivity index (χ4v) is 2.94. The van der Waals surface area contributed by atoms with Crippen LogP contribution in [0.25, 0.3) is 0 Å². The van der Waals surface area contributed by atoms with Gasteiger partial charge in [0.15, 0.2) is 0 Å². The van der Waals surface area contributed by atoms with E-state index in [1.807, 2.05) is 16.3 Å². The molecule has 3 nitrogen and oxygen atoms in total. The number of rotatable bonds is 2. The molecule has 1 aliphatic heterocycles. The third-order valence-electron chi connectivity index (χ3n) is 2.76. The maximum absolute atomic E-state index is 12.2. The lowest BCUT2D eigenvalue weighted by molar-refractivity contribution is -0.00254. The highest BCUT2D eigenvalue weighted by Gasteiger charge is 2.27. The molecule has 0 saturated carbocycles. The summed E-state index contributed by atoms with van der Waals surface area (Å²) in [7, 11) is 0. The number of carbonyl (C=O) groups is 1. The first-order chi connectivity index (χ1) is 7.72. The van der Waals surface area contributed by atoms with Crippen LogP contribution in [0.3, 0.4) is 0 Å². The highest BCUT2D eigenvalue weighted by Crippen LogP contribution is 2.22. The lowest BCUT2D eigenvalue weighted by atomic mass is 10.1. The van der Waals surface area contributed by atoms with Crippen LogP contribution in [0.1, 0.15) is 23.0 Å². The minimum atomic E-state index is 0.112. The molecular formula is C11H15NO2S2. The molecule has 1 aliphatic rings. The largest absolute Gasteiger partial charge is 0.377 e. The minimum absolute atomic E-state index is 0.112. The topological polar surface area (TPSA) is 29.5 Å². The Kier molecular flexibility index (Phi) is 3.89. The van der Waals surface area contributed by atoms with Gasteiger partial charge in [0.05, 0.1) is 24.1 Å². The zero-order valence-corrected chi connectivity index (χ0v) is 10.9. The van der Waals surface area contributed by atoms with Gasteiger partial charge in [-0.05, 0) is 12.5 Å². The smallest absolute Gasteiger partial charge is 0.264 e. The van der Waals surface area contributed by atoms with E-state index in [0.29, 0.717) is 19.8 Å². The second-order valence-electron chi connectivity index (χ2n) is 3.80. The number of amides is 1. The summed E-state index contributed by atoms with van der Waals surface area (Å²) in [4.78, 5) is 15.8. The Morgan fingerprint density at radius 3 is 3.19 bits per heavy atom. The van der Waals surface area contributed by atoms with E-state index in [4.69, 9.17) is 4.74 Å². The Morgan fingerprint density at radius 2 is 2.56 bits per heavy atom. The van der Waals surface area contributed by atoms with E-state index in [1.54, 1.807) is 0 Å². The van der Waals surface area contributed by atoms with Gasteiger partial charge < -0.3 is 9.64 Å². The monoisotopic (exact) mass is 257 g/mol. The second-order valence-corrected chi connectivity index (χ2v) is 5.23. The average molecular weight is 257 g/mol. The van der Waals surface area contributed by atoms with E-state index in [9.17, 15) is 4.79 Å². The number of ether oxygens (including phenoxy) is 1. The molecule has 2 heterocycles. The molecule has 0 N–H and O–H groups in total. The molecule has 0 radical (unpaired) electrons. The number of hydrogen-bond donors (Lipinski definition) is 1. The van der Waals surface area contributed by atoms with Crippen molar-refractivity contribution < 1.29 is 9.53 Å². The highest BCUT2D eigenvalue weighted by molar-refractivity contribution is 7.80. The van der Waals surface area contributed by atoms with Crippen LogP contribution in [-0.2, 0) is 4.74 Å². The molecule has 0 aliphatic carbocycles. The Labute approximate surface area is 105 Å². The van der Waals surface area contributed by atoms with E-state index in [-0.39, 0.29) is 11.9 Å². The Bertz CT molecular complexity index is 378. The maximum Gasteiger partial charge on any atom is 0.264 e. The summed E-state index contributed by atoms with van der Waals surface area (Å²) in [6, 6.07) is 2.05. The van der Waals surface area contributed by atoms with Gasteiger partial charge in [-0.3, -0.25) is 4.79 Å². The van der Waals surface area contributed by atoms with Gasteiger partial charge in [0.1, 0.15) is 0 Å². The third kappa shape index (κ3) is 2.42. The minimum Gasteiger partial charge on any atom is -0.377 e. The molecular weight excluding hydrogens is 242 g/mol. The first-order valence-electron chi connectivity index (χ1n) is 5.38. The van der Waals surface area contributed by atoms with Crippen LogP contribution < -0.4 is 0 Å². The molecule has 1 aromatic rings. The van der Waals surface area contributed by atoms with Crippen LogP contribution in [0.2, 0.25) is 0 Å². The van der Waals surface area contributed by atoms with Gasteiger partial charge in [0.2, 0.25) is 0 Å². The molecule has 0 spiro atoms. The standard InChI is InChI=1S/C11H15NO2S2/c1-2-8-6-14-4-3-12(8)11(13)10-5-9(15)7-16-10/h5,7-8,15H,2-4,6H2,1H3. The molecule has 1 atom stereocenters. The van der Waals surface area contributed by atoms with Gasteiger partial charge in [-0.15, -0.1) is 24.0 Å². The van der Waals surface area contributed by atoms with Crippen LogP contribution in [-0.4, -0.2) is 36.6 Å². The van der Waals surface area contributed by atoms with E-state index >= 15 is 0 Å². The fraction of sp³-hybridized carbons (Fsp3) is 0.545. The average Bonchev–Trinajstić information content (AvgIpc) is 2.75.